The molecule has 1 aliphatic heterocycles. The first-order valence-electron chi connectivity index (χ1n) is 8.05. The van der Waals surface area contributed by atoms with Crippen LogP contribution in [0.2, 0.25) is 0 Å². The van der Waals surface area contributed by atoms with Gasteiger partial charge in [0.05, 0.1) is 0 Å². The quantitative estimate of drug-likeness (QED) is 0.915. The first kappa shape index (κ1) is 16.0. The molecule has 1 atom stereocenters. The molecule has 1 unspecified atom stereocenters. The predicted molar refractivity (Wildman–Crippen MR) is 88.5 cm³/mol. The summed E-state index contributed by atoms with van der Waals surface area (Å²) in [7, 11) is 0. The summed E-state index contributed by atoms with van der Waals surface area (Å²) in [5.74, 6) is 0.243. The van der Waals surface area contributed by atoms with Crippen LogP contribution < -0.4 is 10.2 Å². The van der Waals surface area contributed by atoms with E-state index in [0.29, 0.717) is 12.5 Å². The van der Waals surface area contributed by atoms with Crippen LogP contribution in [-0.4, -0.2) is 19.0 Å². The van der Waals surface area contributed by atoms with E-state index in [-0.39, 0.29) is 11.3 Å². The Labute approximate surface area is 128 Å². The summed E-state index contributed by atoms with van der Waals surface area (Å²) in [4.78, 5) is 14.7. The van der Waals surface area contributed by atoms with Crippen molar-refractivity contribution in [3.8, 4) is 0 Å². The molecule has 21 heavy (non-hydrogen) atoms. The highest BCUT2D eigenvalue weighted by Gasteiger charge is 2.27. The molecule has 1 aromatic rings. The molecule has 1 heterocycles. The van der Waals surface area contributed by atoms with E-state index in [1.54, 1.807) is 0 Å². The number of hydrogen-bond donors (Lipinski definition) is 1. The highest BCUT2D eigenvalue weighted by atomic mass is 16.2. The summed E-state index contributed by atoms with van der Waals surface area (Å²) in [5, 5.41) is 3.55. The maximum absolute atomic E-state index is 12.7. The second-order valence-electron chi connectivity index (χ2n) is 7.09. The second-order valence-corrected chi connectivity index (χ2v) is 7.09. The van der Waals surface area contributed by atoms with E-state index in [1.165, 1.54) is 5.56 Å². The van der Waals surface area contributed by atoms with Gasteiger partial charge in [0.25, 0.3) is 0 Å². The first-order valence-corrected chi connectivity index (χ1v) is 8.05. The number of nitrogens with one attached hydrogen (secondary N) is 1. The van der Waals surface area contributed by atoms with E-state index in [2.05, 4.69) is 51.2 Å². The smallest absolute Gasteiger partial charge is 0.227 e. The molecule has 0 aromatic heterocycles. The number of rotatable bonds is 3. The van der Waals surface area contributed by atoms with E-state index < -0.39 is 0 Å². The number of carbonyl (C=O) groups excluding carboxylic acids is 1. The summed E-state index contributed by atoms with van der Waals surface area (Å²) in [5.41, 5.74) is 2.38. The summed E-state index contributed by atoms with van der Waals surface area (Å²) < 4.78 is 0. The van der Waals surface area contributed by atoms with Gasteiger partial charge < -0.3 is 10.2 Å². The average Bonchev–Trinajstić information content (AvgIpc) is 2.58. The van der Waals surface area contributed by atoms with Crippen LogP contribution in [-0.2, 0) is 4.79 Å². The van der Waals surface area contributed by atoms with Crippen molar-refractivity contribution in [1.29, 1.82) is 0 Å². The van der Waals surface area contributed by atoms with Gasteiger partial charge in [-0.05, 0) is 36.4 Å². The van der Waals surface area contributed by atoms with Crippen molar-refractivity contribution in [2.45, 2.75) is 53.0 Å². The van der Waals surface area contributed by atoms with Gasteiger partial charge in [0.1, 0.15) is 0 Å². The van der Waals surface area contributed by atoms with Crippen LogP contribution in [0, 0.1) is 5.41 Å². The van der Waals surface area contributed by atoms with Crippen molar-refractivity contribution in [1.82, 2.24) is 5.32 Å². The van der Waals surface area contributed by atoms with Crippen LogP contribution in [0.1, 0.15) is 58.6 Å². The third-order valence-electron chi connectivity index (χ3n) is 3.91. The standard InChI is InChI=1S/C18H28N2O/c1-5-19-15-10-8-12-20(17(21)13-18(2,3)4)16-11-7-6-9-14(15)16/h6-7,9,11,15,19H,5,8,10,12-13H2,1-4H3. The molecule has 0 saturated carbocycles. The third kappa shape index (κ3) is 4.07. The van der Waals surface area contributed by atoms with Crippen LogP contribution in [0.3, 0.4) is 0 Å². The monoisotopic (exact) mass is 288 g/mol. The Morgan fingerprint density at radius 2 is 2.05 bits per heavy atom. The predicted octanol–water partition coefficient (Wildman–Crippen LogP) is 3.90. The SMILES string of the molecule is CCNC1CCCN(C(=O)CC(C)(C)C)c2ccccc21. The van der Waals surface area contributed by atoms with Gasteiger partial charge in [0.2, 0.25) is 5.91 Å². The minimum Gasteiger partial charge on any atom is -0.312 e. The molecule has 0 saturated heterocycles. The lowest BCUT2D eigenvalue weighted by molar-refractivity contribution is -0.120. The van der Waals surface area contributed by atoms with Gasteiger partial charge in [-0.15, -0.1) is 0 Å². The molecule has 1 N–H and O–H groups in total. The van der Waals surface area contributed by atoms with Crippen molar-refractivity contribution in [3.63, 3.8) is 0 Å². The maximum Gasteiger partial charge on any atom is 0.227 e. The van der Waals surface area contributed by atoms with Crippen molar-refractivity contribution < 1.29 is 4.79 Å². The van der Waals surface area contributed by atoms with E-state index in [0.717, 1.165) is 31.6 Å². The van der Waals surface area contributed by atoms with Crippen molar-refractivity contribution in [2.75, 3.05) is 18.0 Å². The molecule has 1 amide bonds. The summed E-state index contributed by atoms with van der Waals surface area (Å²) in [6.07, 6.45) is 2.72. The molecular formula is C18H28N2O. The van der Waals surface area contributed by atoms with Gasteiger partial charge in [-0.25, -0.2) is 0 Å². The molecular weight excluding hydrogens is 260 g/mol. The summed E-state index contributed by atoms with van der Waals surface area (Å²) in [6, 6.07) is 8.71. The molecule has 0 fully saturated rings. The molecule has 0 spiro atoms. The first-order chi connectivity index (χ1) is 9.92. The fourth-order valence-corrected chi connectivity index (χ4v) is 3.02. The number of nitrogens with zero attached hydrogens (tertiary/aromatic N) is 1. The molecule has 0 radical (unpaired) electrons. The zero-order valence-electron chi connectivity index (χ0n) is 13.8. The van der Waals surface area contributed by atoms with Crippen molar-refractivity contribution >= 4 is 11.6 Å². The zero-order valence-corrected chi connectivity index (χ0v) is 13.8. The minimum absolute atomic E-state index is 0.0272. The Morgan fingerprint density at radius 3 is 2.71 bits per heavy atom. The van der Waals surface area contributed by atoms with E-state index in [9.17, 15) is 4.79 Å². The van der Waals surface area contributed by atoms with E-state index in [4.69, 9.17) is 0 Å². The Balaban J connectivity index is 2.30. The van der Waals surface area contributed by atoms with Gasteiger partial charge in [-0.1, -0.05) is 45.9 Å². The Kier molecular flexibility index (Phi) is 5.04. The lowest BCUT2D eigenvalue weighted by Gasteiger charge is -2.27. The van der Waals surface area contributed by atoms with Gasteiger partial charge in [-0.3, -0.25) is 4.79 Å². The van der Waals surface area contributed by atoms with E-state index >= 15 is 0 Å². The third-order valence-corrected chi connectivity index (χ3v) is 3.91. The molecule has 0 aliphatic carbocycles. The largest absolute Gasteiger partial charge is 0.312 e. The number of carbonyl (C=O) groups is 1. The van der Waals surface area contributed by atoms with E-state index in [1.807, 2.05) is 11.0 Å². The summed E-state index contributed by atoms with van der Waals surface area (Å²) in [6.45, 7) is 10.3. The second kappa shape index (κ2) is 6.61. The van der Waals surface area contributed by atoms with Crippen LogP contribution >= 0.6 is 0 Å². The fourth-order valence-electron chi connectivity index (χ4n) is 3.02. The number of benzene rings is 1. The molecule has 1 aromatic carbocycles. The summed E-state index contributed by atoms with van der Waals surface area (Å²) >= 11 is 0. The van der Waals surface area contributed by atoms with Crippen molar-refractivity contribution in [3.05, 3.63) is 29.8 Å². The lowest BCUT2D eigenvalue weighted by atomic mass is 9.91. The molecule has 0 bridgehead atoms. The molecule has 2 rings (SSSR count). The van der Waals surface area contributed by atoms with Gasteiger partial charge in [0, 0.05) is 24.7 Å². The van der Waals surface area contributed by atoms with Gasteiger partial charge in [0.15, 0.2) is 0 Å². The zero-order chi connectivity index (χ0) is 15.5. The van der Waals surface area contributed by atoms with Gasteiger partial charge >= 0.3 is 0 Å². The van der Waals surface area contributed by atoms with Crippen LogP contribution in [0.4, 0.5) is 5.69 Å². The Bertz CT molecular complexity index is 490. The number of anilines is 1. The van der Waals surface area contributed by atoms with Crippen LogP contribution in [0.25, 0.3) is 0 Å². The van der Waals surface area contributed by atoms with Gasteiger partial charge in [-0.2, -0.15) is 0 Å². The molecule has 116 valence electrons. The number of para-hydroxylation sites is 1. The molecule has 3 nitrogen and oxygen atoms in total. The minimum atomic E-state index is 0.0272. The molecule has 3 heteroatoms. The number of amides is 1. The van der Waals surface area contributed by atoms with Crippen molar-refractivity contribution in [2.24, 2.45) is 5.41 Å². The number of hydrogen-bond acceptors (Lipinski definition) is 2. The highest BCUT2D eigenvalue weighted by molar-refractivity contribution is 5.94. The Morgan fingerprint density at radius 1 is 1.33 bits per heavy atom. The highest BCUT2D eigenvalue weighted by Crippen LogP contribution is 2.34. The topological polar surface area (TPSA) is 32.3 Å². The molecule has 1 aliphatic rings. The van der Waals surface area contributed by atoms with Crippen LogP contribution in [0.5, 0.6) is 0 Å². The number of fused-ring (bicyclic) bond motifs is 1. The van der Waals surface area contributed by atoms with Crippen LogP contribution in [0.15, 0.2) is 24.3 Å². The fraction of sp³-hybridized carbons (Fsp3) is 0.611. The normalized spacial score (nSPS) is 19.0. The lowest BCUT2D eigenvalue weighted by Crippen LogP contribution is -2.34. The Hall–Kier alpha value is -1.35. The maximum atomic E-state index is 12.7. The average molecular weight is 288 g/mol.